The molecule has 1 aromatic carbocycles. The van der Waals surface area contributed by atoms with Gasteiger partial charge in [-0.25, -0.2) is 0 Å². The molecule has 0 fully saturated rings. The lowest BCUT2D eigenvalue weighted by Gasteiger charge is -2.23. The van der Waals surface area contributed by atoms with Gasteiger partial charge in [-0.3, -0.25) is 4.79 Å². The van der Waals surface area contributed by atoms with Crippen molar-refractivity contribution in [1.82, 2.24) is 5.32 Å². The molecule has 0 aliphatic rings. The summed E-state index contributed by atoms with van der Waals surface area (Å²) in [5.41, 5.74) is 0.328. The number of nitrogens with one attached hydrogen (secondary N) is 1. The zero-order chi connectivity index (χ0) is 12.2. The Bertz CT molecular complexity index is 364. The van der Waals surface area contributed by atoms with Crippen LogP contribution in [0.5, 0.6) is 0 Å². The normalized spacial score (nSPS) is 14.4. The number of carboxylic acids is 1. The summed E-state index contributed by atoms with van der Waals surface area (Å²) in [6.07, 6.45) is 0. The number of aliphatic carboxylic acids is 1. The van der Waals surface area contributed by atoms with Crippen LogP contribution in [0.4, 0.5) is 0 Å². The van der Waals surface area contributed by atoms with Crippen molar-refractivity contribution in [2.75, 3.05) is 12.8 Å². The second-order valence-corrected chi connectivity index (χ2v) is 5.04. The minimum atomic E-state index is -0.879. The van der Waals surface area contributed by atoms with Gasteiger partial charge >= 0.3 is 5.97 Å². The lowest BCUT2D eigenvalue weighted by atomic mass is 10.1. The Morgan fingerprint density at radius 1 is 1.44 bits per heavy atom. The molecule has 0 radical (unpaired) electrons. The number of likely N-dealkylation sites (N-methyl/N-ethyl adjacent to an activating group) is 1. The van der Waals surface area contributed by atoms with Crippen LogP contribution in [0.15, 0.2) is 29.2 Å². The Morgan fingerprint density at radius 3 is 2.44 bits per heavy atom. The Morgan fingerprint density at radius 2 is 2.00 bits per heavy atom. The van der Waals surface area contributed by atoms with E-state index < -0.39 is 11.5 Å². The molecule has 0 aliphatic heterocycles. The smallest absolute Gasteiger partial charge is 0.324 e. The zero-order valence-corrected chi connectivity index (χ0v) is 10.6. The molecule has 16 heavy (non-hydrogen) atoms. The molecule has 0 aliphatic carbocycles. The van der Waals surface area contributed by atoms with Crippen molar-refractivity contribution >= 4 is 17.7 Å². The van der Waals surface area contributed by atoms with Crippen molar-refractivity contribution in [3.8, 4) is 0 Å². The van der Waals surface area contributed by atoms with E-state index in [9.17, 15) is 4.79 Å². The van der Waals surface area contributed by atoms with Crippen molar-refractivity contribution in [1.29, 1.82) is 0 Å². The summed E-state index contributed by atoms with van der Waals surface area (Å²) in [5, 5.41) is 11.9. The molecular weight excluding hydrogens is 222 g/mol. The average molecular weight is 239 g/mol. The van der Waals surface area contributed by atoms with Gasteiger partial charge < -0.3 is 10.4 Å². The number of rotatable bonds is 5. The number of aryl methyl sites for hydroxylation is 1. The van der Waals surface area contributed by atoms with Crippen molar-refractivity contribution < 1.29 is 9.90 Å². The molecule has 1 unspecified atom stereocenters. The second-order valence-electron chi connectivity index (χ2n) is 3.99. The molecule has 4 heteroatoms. The van der Waals surface area contributed by atoms with E-state index in [1.165, 1.54) is 5.56 Å². The van der Waals surface area contributed by atoms with Gasteiger partial charge in [0.1, 0.15) is 5.54 Å². The van der Waals surface area contributed by atoms with Gasteiger partial charge in [0, 0.05) is 10.6 Å². The summed E-state index contributed by atoms with van der Waals surface area (Å²) in [6, 6.07) is 8.08. The number of hydrogen-bond donors (Lipinski definition) is 2. The average Bonchev–Trinajstić information content (AvgIpc) is 2.27. The summed E-state index contributed by atoms with van der Waals surface area (Å²) in [5.74, 6) is -0.323. The van der Waals surface area contributed by atoms with Crippen molar-refractivity contribution in [2.45, 2.75) is 24.3 Å². The fourth-order valence-corrected chi connectivity index (χ4v) is 2.15. The van der Waals surface area contributed by atoms with Gasteiger partial charge in [-0.1, -0.05) is 17.7 Å². The van der Waals surface area contributed by atoms with Crippen LogP contribution < -0.4 is 5.32 Å². The summed E-state index contributed by atoms with van der Waals surface area (Å²) in [7, 11) is 1.67. The molecule has 0 saturated carbocycles. The first-order valence-corrected chi connectivity index (χ1v) is 6.08. The fourth-order valence-electron chi connectivity index (χ4n) is 1.10. The first kappa shape index (κ1) is 13.1. The molecule has 0 aromatic heterocycles. The van der Waals surface area contributed by atoms with Crippen LogP contribution in [-0.4, -0.2) is 29.4 Å². The van der Waals surface area contributed by atoms with Gasteiger partial charge in [-0.2, -0.15) is 0 Å². The van der Waals surface area contributed by atoms with Crippen LogP contribution in [0.3, 0.4) is 0 Å². The highest BCUT2D eigenvalue weighted by molar-refractivity contribution is 7.99. The highest BCUT2D eigenvalue weighted by Crippen LogP contribution is 2.23. The minimum absolute atomic E-state index is 0.502. The third kappa shape index (κ3) is 3.25. The molecule has 0 spiro atoms. The minimum Gasteiger partial charge on any atom is -0.480 e. The Hall–Kier alpha value is -1.00. The van der Waals surface area contributed by atoms with Gasteiger partial charge in [-0.05, 0) is 33.0 Å². The predicted molar refractivity (Wildman–Crippen MR) is 67.0 cm³/mol. The van der Waals surface area contributed by atoms with Gasteiger partial charge in [-0.15, -0.1) is 11.8 Å². The Kier molecular flexibility index (Phi) is 4.38. The molecular formula is C12H17NO2S. The molecule has 1 aromatic rings. The maximum absolute atomic E-state index is 11.1. The van der Waals surface area contributed by atoms with E-state index in [1.54, 1.807) is 25.7 Å². The molecule has 88 valence electrons. The Balaban J connectivity index is 2.63. The van der Waals surface area contributed by atoms with Gasteiger partial charge in [0.25, 0.3) is 0 Å². The SMILES string of the molecule is CNC(C)(CSc1ccc(C)cc1)C(=O)O. The third-order valence-corrected chi connectivity index (χ3v) is 3.90. The van der Waals surface area contributed by atoms with E-state index in [0.29, 0.717) is 5.75 Å². The maximum Gasteiger partial charge on any atom is 0.324 e. The number of thioether (sulfide) groups is 1. The van der Waals surface area contributed by atoms with E-state index in [4.69, 9.17) is 5.11 Å². The van der Waals surface area contributed by atoms with Crippen molar-refractivity contribution in [3.63, 3.8) is 0 Å². The van der Waals surface area contributed by atoms with Crippen LogP contribution >= 0.6 is 11.8 Å². The van der Waals surface area contributed by atoms with Crippen LogP contribution in [0.1, 0.15) is 12.5 Å². The van der Waals surface area contributed by atoms with E-state index >= 15 is 0 Å². The molecule has 3 nitrogen and oxygen atoms in total. The molecule has 0 bridgehead atoms. The van der Waals surface area contributed by atoms with Gasteiger partial charge in [0.05, 0.1) is 0 Å². The number of benzene rings is 1. The summed E-state index contributed by atoms with van der Waals surface area (Å²) < 4.78 is 0. The molecule has 1 atom stereocenters. The highest BCUT2D eigenvalue weighted by Gasteiger charge is 2.30. The van der Waals surface area contributed by atoms with Crippen LogP contribution in [-0.2, 0) is 4.79 Å². The van der Waals surface area contributed by atoms with E-state index in [1.807, 2.05) is 31.2 Å². The molecule has 0 saturated heterocycles. The lowest BCUT2D eigenvalue weighted by Crippen LogP contribution is -2.49. The lowest BCUT2D eigenvalue weighted by molar-refractivity contribution is -0.142. The highest BCUT2D eigenvalue weighted by atomic mass is 32.2. The standard InChI is InChI=1S/C12H17NO2S/c1-9-4-6-10(7-5-9)16-8-12(2,13-3)11(14)15/h4-7,13H,8H2,1-3H3,(H,14,15). The molecule has 0 heterocycles. The van der Waals surface area contributed by atoms with Crippen LogP contribution in [0.25, 0.3) is 0 Å². The third-order valence-electron chi connectivity index (χ3n) is 2.57. The first-order chi connectivity index (χ1) is 7.48. The number of hydrogen-bond acceptors (Lipinski definition) is 3. The molecule has 2 N–H and O–H groups in total. The fraction of sp³-hybridized carbons (Fsp3) is 0.417. The quantitative estimate of drug-likeness (QED) is 0.773. The van der Waals surface area contributed by atoms with E-state index in [2.05, 4.69) is 5.32 Å². The largest absolute Gasteiger partial charge is 0.480 e. The van der Waals surface area contributed by atoms with Gasteiger partial charge in [0.2, 0.25) is 0 Å². The summed E-state index contributed by atoms with van der Waals surface area (Å²) >= 11 is 1.55. The van der Waals surface area contributed by atoms with Gasteiger partial charge in [0.15, 0.2) is 0 Å². The first-order valence-electron chi connectivity index (χ1n) is 5.10. The maximum atomic E-state index is 11.1. The Labute approximate surface area is 100 Å². The zero-order valence-electron chi connectivity index (χ0n) is 9.78. The number of carboxylic acid groups (broad SMARTS) is 1. The van der Waals surface area contributed by atoms with Crippen molar-refractivity contribution in [2.24, 2.45) is 0 Å². The summed E-state index contributed by atoms with van der Waals surface area (Å²) in [6.45, 7) is 3.72. The van der Waals surface area contributed by atoms with Crippen LogP contribution in [0, 0.1) is 6.92 Å². The topological polar surface area (TPSA) is 49.3 Å². The number of carbonyl (C=O) groups is 1. The van der Waals surface area contributed by atoms with E-state index in [0.717, 1.165) is 4.90 Å². The predicted octanol–water partition coefficient (Wildman–Crippen LogP) is 2.15. The summed E-state index contributed by atoms with van der Waals surface area (Å²) in [4.78, 5) is 12.1. The molecule has 0 amide bonds. The second kappa shape index (κ2) is 5.37. The van der Waals surface area contributed by atoms with E-state index in [-0.39, 0.29) is 0 Å². The van der Waals surface area contributed by atoms with Crippen molar-refractivity contribution in [3.05, 3.63) is 29.8 Å². The monoisotopic (exact) mass is 239 g/mol. The molecule has 1 rings (SSSR count). The van der Waals surface area contributed by atoms with Crippen LogP contribution in [0.2, 0.25) is 0 Å².